The van der Waals surface area contributed by atoms with E-state index in [1.807, 2.05) is 25.1 Å². The van der Waals surface area contributed by atoms with E-state index in [9.17, 15) is 4.79 Å². The van der Waals surface area contributed by atoms with Gasteiger partial charge in [0.15, 0.2) is 0 Å². The van der Waals surface area contributed by atoms with Crippen molar-refractivity contribution in [3.8, 4) is 5.75 Å². The van der Waals surface area contributed by atoms with Crippen LogP contribution in [0, 0.1) is 6.92 Å². The van der Waals surface area contributed by atoms with Gasteiger partial charge in [0.1, 0.15) is 5.75 Å². The lowest BCUT2D eigenvalue weighted by Crippen LogP contribution is -2.33. The lowest BCUT2D eigenvalue weighted by Gasteiger charge is -2.13. The van der Waals surface area contributed by atoms with E-state index in [4.69, 9.17) is 4.74 Å². The maximum Gasteiger partial charge on any atom is 0.224 e. The Morgan fingerprint density at radius 2 is 2.11 bits per heavy atom. The van der Waals surface area contributed by atoms with Crippen LogP contribution in [0.2, 0.25) is 0 Å². The third kappa shape index (κ3) is 3.25. The highest BCUT2D eigenvalue weighted by molar-refractivity contribution is 5.79. The van der Waals surface area contributed by atoms with E-state index < -0.39 is 0 Å². The van der Waals surface area contributed by atoms with Crippen molar-refractivity contribution in [3.05, 3.63) is 29.3 Å². The minimum atomic E-state index is 0.134. The smallest absolute Gasteiger partial charge is 0.224 e. The summed E-state index contributed by atoms with van der Waals surface area (Å²) in [6.07, 6.45) is 5.21. The monoisotopic (exact) mass is 247 g/mol. The van der Waals surface area contributed by atoms with Crippen molar-refractivity contribution in [1.29, 1.82) is 0 Å². The first-order chi connectivity index (χ1) is 8.69. The predicted octanol–water partition coefficient (Wildman–Crippen LogP) is 2.60. The fourth-order valence-electron chi connectivity index (χ4n) is 2.52. The number of carbonyl (C=O) groups excluding carboxylic acids is 1. The maximum absolute atomic E-state index is 11.9. The molecule has 0 spiro atoms. The number of methoxy groups -OCH3 is 1. The van der Waals surface area contributed by atoms with E-state index in [1.165, 1.54) is 12.8 Å². The fraction of sp³-hybridized carbons (Fsp3) is 0.533. The molecule has 3 heteroatoms. The zero-order chi connectivity index (χ0) is 13.0. The Morgan fingerprint density at radius 3 is 2.72 bits per heavy atom. The van der Waals surface area contributed by atoms with Gasteiger partial charge >= 0.3 is 0 Å². The first kappa shape index (κ1) is 12.9. The number of ether oxygens (including phenoxy) is 1. The van der Waals surface area contributed by atoms with Crippen molar-refractivity contribution in [2.75, 3.05) is 7.11 Å². The van der Waals surface area contributed by atoms with E-state index in [2.05, 4.69) is 5.32 Å². The molecule has 3 nitrogen and oxygen atoms in total. The molecule has 1 amide bonds. The molecule has 0 unspecified atom stereocenters. The summed E-state index contributed by atoms with van der Waals surface area (Å²) in [6, 6.07) is 6.25. The Labute approximate surface area is 109 Å². The van der Waals surface area contributed by atoms with Crippen LogP contribution in [0.15, 0.2) is 18.2 Å². The van der Waals surface area contributed by atoms with Gasteiger partial charge in [0.05, 0.1) is 13.5 Å². The van der Waals surface area contributed by atoms with E-state index in [0.717, 1.165) is 29.7 Å². The normalized spacial score (nSPS) is 15.7. The number of hydrogen-bond donors (Lipinski definition) is 1. The molecule has 98 valence electrons. The Bertz CT molecular complexity index is 423. The standard InChI is InChI=1S/C15H21NO2/c1-11-9-14(18-2)8-7-12(11)10-15(17)16-13-5-3-4-6-13/h7-9,13H,3-6,10H2,1-2H3,(H,16,17). The average molecular weight is 247 g/mol. The molecule has 0 saturated heterocycles. The van der Waals surface area contributed by atoms with Gasteiger partial charge in [-0.25, -0.2) is 0 Å². The number of amides is 1. The summed E-state index contributed by atoms with van der Waals surface area (Å²) in [6.45, 7) is 2.01. The molecule has 1 aromatic rings. The Hall–Kier alpha value is -1.51. The summed E-state index contributed by atoms with van der Waals surface area (Å²) in [5.74, 6) is 0.975. The molecule has 0 radical (unpaired) electrons. The van der Waals surface area contributed by atoms with Gasteiger partial charge in [-0.15, -0.1) is 0 Å². The highest BCUT2D eigenvalue weighted by Gasteiger charge is 2.17. The van der Waals surface area contributed by atoms with Crippen LogP contribution in [0.1, 0.15) is 36.8 Å². The second-order valence-electron chi connectivity index (χ2n) is 5.02. The quantitative estimate of drug-likeness (QED) is 0.888. The van der Waals surface area contributed by atoms with Crippen molar-refractivity contribution >= 4 is 5.91 Å². The second-order valence-corrected chi connectivity index (χ2v) is 5.02. The molecule has 1 aliphatic carbocycles. The predicted molar refractivity (Wildman–Crippen MR) is 71.8 cm³/mol. The Balaban J connectivity index is 1.93. The SMILES string of the molecule is COc1ccc(CC(=O)NC2CCCC2)c(C)c1. The average Bonchev–Trinajstić information content (AvgIpc) is 2.84. The molecule has 0 aromatic heterocycles. The van der Waals surface area contributed by atoms with Gasteiger partial charge in [-0.05, 0) is 43.0 Å². The lowest BCUT2D eigenvalue weighted by molar-refractivity contribution is -0.121. The highest BCUT2D eigenvalue weighted by Crippen LogP contribution is 2.19. The van der Waals surface area contributed by atoms with Crippen LogP contribution in [0.3, 0.4) is 0 Å². The van der Waals surface area contributed by atoms with Gasteiger partial charge in [-0.1, -0.05) is 18.9 Å². The molecule has 1 N–H and O–H groups in total. The van der Waals surface area contributed by atoms with Crippen LogP contribution in [-0.2, 0) is 11.2 Å². The first-order valence-electron chi connectivity index (χ1n) is 6.62. The first-order valence-corrected chi connectivity index (χ1v) is 6.62. The van der Waals surface area contributed by atoms with Crippen molar-refractivity contribution in [1.82, 2.24) is 5.32 Å². The lowest BCUT2D eigenvalue weighted by atomic mass is 10.0. The summed E-state index contributed by atoms with van der Waals surface area (Å²) in [5.41, 5.74) is 2.18. The Kier molecular flexibility index (Phi) is 4.24. The van der Waals surface area contributed by atoms with Crippen LogP contribution >= 0.6 is 0 Å². The molecule has 2 rings (SSSR count). The van der Waals surface area contributed by atoms with Gasteiger partial charge in [0, 0.05) is 6.04 Å². The van der Waals surface area contributed by atoms with E-state index in [-0.39, 0.29) is 5.91 Å². The van der Waals surface area contributed by atoms with Crippen LogP contribution in [-0.4, -0.2) is 19.1 Å². The van der Waals surface area contributed by atoms with Crippen molar-refractivity contribution < 1.29 is 9.53 Å². The summed E-state index contributed by atoms with van der Waals surface area (Å²) < 4.78 is 5.16. The largest absolute Gasteiger partial charge is 0.497 e. The van der Waals surface area contributed by atoms with Crippen LogP contribution in [0.25, 0.3) is 0 Å². The topological polar surface area (TPSA) is 38.3 Å². The summed E-state index contributed by atoms with van der Waals surface area (Å²) in [4.78, 5) is 11.9. The van der Waals surface area contributed by atoms with Gasteiger partial charge in [-0.3, -0.25) is 4.79 Å². The highest BCUT2D eigenvalue weighted by atomic mass is 16.5. The van der Waals surface area contributed by atoms with Gasteiger partial charge in [0.2, 0.25) is 5.91 Å². The number of nitrogens with one attached hydrogen (secondary N) is 1. The zero-order valence-corrected chi connectivity index (χ0v) is 11.2. The molecular formula is C15H21NO2. The molecule has 0 atom stereocenters. The molecule has 1 saturated carbocycles. The molecule has 0 bridgehead atoms. The van der Waals surface area contributed by atoms with Crippen LogP contribution in [0.4, 0.5) is 0 Å². The molecule has 1 aliphatic rings. The molecule has 1 fully saturated rings. The van der Waals surface area contributed by atoms with Gasteiger partial charge in [0.25, 0.3) is 0 Å². The molecule has 0 heterocycles. The molecule has 1 aromatic carbocycles. The fourth-order valence-corrected chi connectivity index (χ4v) is 2.52. The summed E-state index contributed by atoms with van der Waals surface area (Å²) in [7, 11) is 1.65. The number of hydrogen-bond acceptors (Lipinski definition) is 2. The number of benzene rings is 1. The maximum atomic E-state index is 11.9. The second kappa shape index (κ2) is 5.89. The summed E-state index contributed by atoms with van der Waals surface area (Å²) >= 11 is 0. The van der Waals surface area contributed by atoms with Gasteiger partial charge < -0.3 is 10.1 Å². The Morgan fingerprint density at radius 1 is 1.39 bits per heavy atom. The van der Waals surface area contributed by atoms with Gasteiger partial charge in [-0.2, -0.15) is 0 Å². The summed E-state index contributed by atoms with van der Waals surface area (Å²) in [5, 5.41) is 3.11. The van der Waals surface area contributed by atoms with E-state index in [1.54, 1.807) is 7.11 Å². The minimum absolute atomic E-state index is 0.134. The van der Waals surface area contributed by atoms with Crippen molar-refractivity contribution in [2.24, 2.45) is 0 Å². The number of rotatable bonds is 4. The molecule has 18 heavy (non-hydrogen) atoms. The minimum Gasteiger partial charge on any atom is -0.497 e. The van der Waals surface area contributed by atoms with E-state index in [0.29, 0.717) is 12.5 Å². The van der Waals surface area contributed by atoms with Crippen LogP contribution < -0.4 is 10.1 Å². The third-order valence-corrected chi connectivity index (χ3v) is 3.62. The third-order valence-electron chi connectivity index (χ3n) is 3.62. The number of aryl methyl sites for hydroxylation is 1. The van der Waals surface area contributed by atoms with Crippen molar-refractivity contribution in [2.45, 2.75) is 45.1 Å². The zero-order valence-electron chi connectivity index (χ0n) is 11.2. The van der Waals surface area contributed by atoms with Crippen LogP contribution in [0.5, 0.6) is 5.75 Å². The molecule has 0 aliphatic heterocycles. The van der Waals surface area contributed by atoms with E-state index >= 15 is 0 Å². The molecular weight excluding hydrogens is 226 g/mol. The number of carbonyl (C=O) groups is 1. The van der Waals surface area contributed by atoms with Crippen molar-refractivity contribution in [3.63, 3.8) is 0 Å².